The quantitative estimate of drug-likeness (QED) is 0.0152. The molecule has 3 aliphatic heterocycles. The minimum absolute atomic E-state index is 0.0169. The molecule has 3 atom stereocenters. The van der Waals surface area contributed by atoms with Gasteiger partial charge in [-0.3, -0.25) is 43.3 Å². The number of rotatable bonds is 26. The molecule has 5 heterocycles. The summed E-state index contributed by atoms with van der Waals surface area (Å²) in [6, 6.07) is 14.2. The van der Waals surface area contributed by atoms with Crippen LogP contribution in [0, 0.1) is 11.3 Å². The van der Waals surface area contributed by atoms with Crippen molar-refractivity contribution in [2.75, 3.05) is 39.5 Å². The van der Waals surface area contributed by atoms with E-state index in [-0.39, 0.29) is 90.3 Å². The maximum Gasteiger partial charge on any atom is 0.343 e. The minimum atomic E-state index is -1.96. The third-order valence-electron chi connectivity index (χ3n) is 15.2. The molecular formula is C56H68N8O14. The first-order valence-electron chi connectivity index (χ1n) is 26.5. The highest BCUT2D eigenvalue weighted by atomic mass is 16.6. The van der Waals surface area contributed by atoms with E-state index in [1.165, 1.54) is 4.90 Å². The number of nitrogens with one attached hydrogen (secondary N) is 5. The topological polar surface area (TPSA) is 300 Å². The average Bonchev–Trinajstić information content (AvgIpc) is 4.13. The molecule has 0 bridgehead atoms. The zero-order chi connectivity index (χ0) is 56.3. The van der Waals surface area contributed by atoms with E-state index in [2.05, 4.69) is 26.6 Å². The first-order valence-corrected chi connectivity index (χ1v) is 26.5. The second kappa shape index (κ2) is 25.5. The van der Waals surface area contributed by atoms with E-state index in [0.717, 1.165) is 24.0 Å². The van der Waals surface area contributed by atoms with Crippen molar-refractivity contribution in [3.8, 4) is 17.1 Å². The number of likely N-dealkylation sites (tertiary alicyclic amines) is 1. The Morgan fingerprint density at radius 3 is 2.27 bits per heavy atom. The molecule has 3 aliphatic rings. The van der Waals surface area contributed by atoms with Gasteiger partial charge in [0.05, 0.1) is 54.6 Å². The van der Waals surface area contributed by atoms with E-state index >= 15 is 0 Å². The summed E-state index contributed by atoms with van der Waals surface area (Å²) in [5.74, 6) is -5.07. The van der Waals surface area contributed by atoms with E-state index in [4.69, 9.17) is 19.2 Å². The highest BCUT2D eigenvalue weighted by Gasteiger charge is 2.47. The number of carbonyl (C=O) groups excluding carboxylic acids is 9. The highest BCUT2D eigenvalue weighted by Crippen LogP contribution is 2.43. The molecule has 0 saturated carbocycles. The van der Waals surface area contributed by atoms with Gasteiger partial charge in [0.25, 0.3) is 5.56 Å². The van der Waals surface area contributed by atoms with E-state index in [1.807, 2.05) is 27.7 Å². The van der Waals surface area contributed by atoms with Crippen molar-refractivity contribution in [2.24, 2.45) is 11.3 Å². The van der Waals surface area contributed by atoms with Crippen LogP contribution >= 0.6 is 0 Å². The predicted molar refractivity (Wildman–Crippen MR) is 282 cm³/mol. The van der Waals surface area contributed by atoms with Crippen LogP contribution in [0.1, 0.15) is 114 Å². The van der Waals surface area contributed by atoms with E-state index in [1.54, 1.807) is 66.1 Å². The van der Waals surface area contributed by atoms with Gasteiger partial charge in [0.15, 0.2) is 5.60 Å². The molecular weight excluding hydrogens is 1010 g/mol. The van der Waals surface area contributed by atoms with E-state index in [0.29, 0.717) is 60.1 Å². The number of amides is 7. The number of hydrogen-bond donors (Lipinski definition) is 6. The fraction of sp³-hybridized carbons (Fsp3) is 0.482. The van der Waals surface area contributed by atoms with Crippen LogP contribution in [0.15, 0.2) is 59.4 Å². The Morgan fingerprint density at radius 2 is 1.55 bits per heavy atom. The van der Waals surface area contributed by atoms with Crippen LogP contribution in [0.3, 0.4) is 0 Å². The van der Waals surface area contributed by atoms with Gasteiger partial charge in [-0.25, -0.2) is 14.6 Å². The van der Waals surface area contributed by atoms with Crippen molar-refractivity contribution in [1.82, 2.24) is 41.0 Å². The van der Waals surface area contributed by atoms with Crippen molar-refractivity contribution < 1.29 is 62.5 Å². The Kier molecular flexibility index (Phi) is 18.9. The number of benzene rings is 2. The van der Waals surface area contributed by atoms with Crippen LogP contribution in [0.25, 0.3) is 22.3 Å². The van der Waals surface area contributed by atoms with Crippen molar-refractivity contribution in [3.63, 3.8) is 0 Å². The monoisotopic (exact) mass is 1080 g/mol. The number of fused-ring (bicyclic) bond motifs is 5. The maximum absolute atomic E-state index is 13.7. The van der Waals surface area contributed by atoms with Crippen LogP contribution < -0.4 is 36.9 Å². The third-order valence-corrected chi connectivity index (χ3v) is 15.2. The molecule has 0 radical (unpaired) electrons. The lowest BCUT2D eigenvalue weighted by Crippen LogP contribution is -2.52. The molecule has 0 aliphatic carbocycles. The van der Waals surface area contributed by atoms with E-state index < -0.39 is 80.2 Å². The number of aromatic nitrogens is 2. The van der Waals surface area contributed by atoms with Crippen molar-refractivity contribution in [3.05, 3.63) is 92.8 Å². The van der Waals surface area contributed by atoms with Crippen LogP contribution in [-0.4, -0.2) is 118 Å². The minimum Gasteiger partial charge on any atom is -0.458 e. The normalized spacial score (nSPS) is 16.9. The van der Waals surface area contributed by atoms with Crippen LogP contribution in [0.5, 0.6) is 5.75 Å². The van der Waals surface area contributed by atoms with Gasteiger partial charge in [-0.05, 0) is 79.3 Å². The first kappa shape index (κ1) is 57.8. The number of carbonyl (C=O) groups is 9. The Balaban J connectivity index is 0.814. The van der Waals surface area contributed by atoms with Gasteiger partial charge >= 0.3 is 11.9 Å². The standard InChI is InChI=1S/C56H68N8O14/c1-6-35-36-23-34(19-20-41(36)62-50-37(35)29-64-43(50)24-39-38(52(64)72)30-77-54(74)56(39,75)9-4)78-49(70)31-76-32-60-46(67)27-59-51(71)42(22-33-16-12-10-13-17-33)61-47(68)28-58-45(66)26-57-44(65)18-14-11-15-21-63-48(69)25-40(53(63)73)55(5,7-2)8-3/h10,12-13,16-17,19-20,23-24,40,42,75H,6-9,11,14-15,18,21-22,25-32H2,1-5H3,(H,57,65)(H,58,66)(H,59,71)(H,60,67)(H,61,68)/t40?,42-,56?/m0/s1. The number of imide groups is 1. The fourth-order valence-electron chi connectivity index (χ4n) is 10.1. The fourth-order valence-corrected chi connectivity index (χ4v) is 10.1. The van der Waals surface area contributed by atoms with Gasteiger partial charge < -0.3 is 50.5 Å². The largest absolute Gasteiger partial charge is 0.458 e. The Bertz CT molecular complexity index is 3050. The number of aliphatic hydroxyl groups is 1. The molecule has 7 rings (SSSR count). The number of aryl methyl sites for hydroxylation is 1. The van der Waals surface area contributed by atoms with Gasteiger partial charge in [0.2, 0.25) is 41.4 Å². The lowest BCUT2D eigenvalue weighted by atomic mass is 9.72. The molecule has 2 unspecified atom stereocenters. The summed E-state index contributed by atoms with van der Waals surface area (Å²) in [7, 11) is 0. The van der Waals surface area contributed by atoms with Gasteiger partial charge in [-0.2, -0.15) is 0 Å². The third kappa shape index (κ3) is 13.1. The second-order valence-corrected chi connectivity index (χ2v) is 20.0. The summed E-state index contributed by atoms with van der Waals surface area (Å²) in [6.45, 7) is 7.57. The number of hydrogen-bond acceptors (Lipinski definition) is 15. The Morgan fingerprint density at radius 1 is 0.846 bits per heavy atom. The summed E-state index contributed by atoms with van der Waals surface area (Å²) in [5.41, 5.74) is 1.80. The van der Waals surface area contributed by atoms with Gasteiger partial charge in [0, 0.05) is 42.3 Å². The maximum atomic E-state index is 13.7. The van der Waals surface area contributed by atoms with E-state index in [9.17, 15) is 53.1 Å². The summed E-state index contributed by atoms with van der Waals surface area (Å²) in [4.78, 5) is 135. The zero-order valence-electron chi connectivity index (χ0n) is 44.7. The van der Waals surface area contributed by atoms with Crippen LogP contribution in [-0.2, 0) is 84.2 Å². The highest BCUT2D eigenvalue weighted by molar-refractivity contribution is 6.04. The molecule has 22 heteroatoms. The SMILES string of the molecule is CCc1c2c(nc3ccc(OC(=O)COCNC(=O)CNC(=O)[C@H](Cc4ccccc4)NC(=O)CNC(=O)CNC(=O)CCCCCN4C(=O)CC(C(C)(CC)CC)C4=O)cc13)-c1cc3c(c(=O)n1C2)COC(=O)C3(O)CC. The molecule has 22 nitrogen and oxygen atoms in total. The molecule has 1 fully saturated rings. The number of ether oxygens (including phenoxy) is 3. The summed E-state index contributed by atoms with van der Waals surface area (Å²) in [6.07, 6.45) is 4.18. The van der Waals surface area contributed by atoms with Gasteiger partial charge in [0.1, 0.15) is 31.7 Å². The average molecular weight is 1080 g/mol. The number of cyclic esters (lactones) is 1. The molecule has 1 saturated heterocycles. The van der Waals surface area contributed by atoms with Crippen molar-refractivity contribution in [1.29, 1.82) is 0 Å². The molecule has 4 aromatic rings. The molecule has 78 heavy (non-hydrogen) atoms. The molecule has 0 spiro atoms. The summed E-state index contributed by atoms with van der Waals surface area (Å²) < 4.78 is 17.6. The molecule has 6 N–H and O–H groups in total. The Hall–Kier alpha value is -7.85. The van der Waals surface area contributed by atoms with Crippen molar-refractivity contribution >= 4 is 64.2 Å². The zero-order valence-corrected chi connectivity index (χ0v) is 44.7. The van der Waals surface area contributed by atoms with Gasteiger partial charge in [-0.1, -0.05) is 71.4 Å². The van der Waals surface area contributed by atoms with Crippen molar-refractivity contribution in [2.45, 2.75) is 124 Å². The number of esters is 2. The molecule has 2 aromatic carbocycles. The number of unbranched alkanes of at least 4 members (excludes halogenated alkanes) is 2. The summed E-state index contributed by atoms with van der Waals surface area (Å²) >= 11 is 0. The number of nitrogens with zero attached hydrogens (tertiary/aromatic N) is 3. The Labute approximate surface area is 450 Å². The van der Waals surface area contributed by atoms with Crippen LogP contribution in [0.4, 0.5) is 0 Å². The first-order chi connectivity index (χ1) is 37.3. The summed E-state index contributed by atoms with van der Waals surface area (Å²) in [5, 5.41) is 24.3. The molecule has 7 amide bonds. The predicted octanol–water partition coefficient (Wildman–Crippen LogP) is 2.48. The molecule has 2 aromatic heterocycles. The van der Waals surface area contributed by atoms with Gasteiger partial charge in [-0.15, -0.1) is 0 Å². The lowest BCUT2D eigenvalue weighted by molar-refractivity contribution is -0.172. The number of pyridine rings is 2. The van der Waals surface area contributed by atoms with Crippen LogP contribution in [0.2, 0.25) is 0 Å². The second-order valence-electron chi connectivity index (χ2n) is 20.0. The molecule has 416 valence electrons. The smallest absolute Gasteiger partial charge is 0.343 e. The lowest BCUT2D eigenvalue weighted by Gasteiger charge is -2.31.